The molecule has 0 saturated carbocycles. The van der Waals surface area contributed by atoms with E-state index in [1.54, 1.807) is 0 Å². The largest absolute Gasteiger partial charge is 0.396 e. The van der Waals surface area contributed by atoms with E-state index in [1.807, 2.05) is 0 Å². The summed E-state index contributed by atoms with van der Waals surface area (Å²) in [6, 6.07) is 0. The summed E-state index contributed by atoms with van der Waals surface area (Å²) in [7, 11) is 0. The second-order valence-electron chi connectivity index (χ2n) is 5.49. The van der Waals surface area contributed by atoms with Gasteiger partial charge >= 0.3 is 0 Å². The molecule has 0 aromatic heterocycles. The van der Waals surface area contributed by atoms with Gasteiger partial charge < -0.3 is 15.3 Å². The predicted molar refractivity (Wildman–Crippen MR) is 66.5 cm³/mol. The Balaban J connectivity index is 1.71. The van der Waals surface area contributed by atoms with E-state index >= 15 is 0 Å². The van der Waals surface area contributed by atoms with Gasteiger partial charge in [-0.1, -0.05) is 0 Å². The highest BCUT2D eigenvalue weighted by Gasteiger charge is 2.22. The van der Waals surface area contributed by atoms with E-state index in [9.17, 15) is 0 Å². The number of rotatable bonds is 4. The molecule has 16 heavy (non-hydrogen) atoms. The van der Waals surface area contributed by atoms with Gasteiger partial charge in [-0.3, -0.25) is 0 Å². The average molecular weight is 226 g/mol. The van der Waals surface area contributed by atoms with Crippen molar-refractivity contribution in [3.8, 4) is 0 Å². The third-order valence-corrected chi connectivity index (χ3v) is 4.06. The molecule has 2 rings (SSSR count). The van der Waals surface area contributed by atoms with Crippen LogP contribution < -0.4 is 5.32 Å². The van der Waals surface area contributed by atoms with Gasteiger partial charge in [0.1, 0.15) is 0 Å². The maximum atomic E-state index is 9.00. The van der Waals surface area contributed by atoms with Gasteiger partial charge in [0, 0.05) is 19.7 Å². The lowest BCUT2D eigenvalue weighted by atomic mass is 9.93. The lowest BCUT2D eigenvalue weighted by molar-refractivity contribution is 0.124. The van der Waals surface area contributed by atoms with E-state index in [0.717, 1.165) is 18.3 Å². The minimum Gasteiger partial charge on any atom is -0.396 e. The molecule has 3 heteroatoms. The Morgan fingerprint density at radius 3 is 2.81 bits per heavy atom. The second-order valence-corrected chi connectivity index (χ2v) is 5.49. The number of hydrogen-bond acceptors (Lipinski definition) is 3. The third kappa shape index (κ3) is 3.72. The van der Waals surface area contributed by atoms with Gasteiger partial charge in [-0.25, -0.2) is 0 Å². The van der Waals surface area contributed by atoms with Crippen LogP contribution in [0.5, 0.6) is 0 Å². The van der Waals surface area contributed by atoms with Crippen LogP contribution in [-0.4, -0.2) is 49.3 Å². The monoisotopic (exact) mass is 226 g/mol. The van der Waals surface area contributed by atoms with E-state index in [0.29, 0.717) is 6.61 Å². The molecule has 0 radical (unpaired) electrons. The Hall–Kier alpha value is -0.120. The van der Waals surface area contributed by atoms with Crippen molar-refractivity contribution in [2.24, 2.45) is 11.8 Å². The van der Waals surface area contributed by atoms with Crippen molar-refractivity contribution in [3.63, 3.8) is 0 Å². The number of hydrogen-bond donors (Lipinski definition) is 2. The summed E-state index contributed by atoms with van der Waals surface area (Å²) < 4.78 is 0. The molecule has 2 atom stereocenters. The number of piperidine rings is 2. The minimum absolute atomic E-state index is 0.365. The Morgan fingerprint density at radius 1 is 1.19 bits per heavy atom. The van der Waals surface area contributed by atoms with Gasteiger partial charge in [0.05, 0.1) is 0 Å². The van der Waals surface area contributed by atoms with Crippen LogP contribution in [0.15, 0.2) is 0 Å². The standard InChI is InChI=1S/C13H26N2O/c16-8-5-12-4-2-7-15(10-12)11-13-3-1-6-14-9-13/h12-14,16H,1-11H2. The number of likely N-dealkylation sites (tertiary alicyclic amines) is 1. The number of aliphatic hydroxyl groups excluding tert-OH is 1. The first-order valence-electron chi connectivity index (χ1n) is 6.92. The Morgan fingerprint density at radius 2 is 2.06 bits per heavy atom. The van der Waals surface area contributed by atoms with Crippen molar-refractivity contribution in [1.29, 1.82) is 0 Å². The fourth-order valence-corrected chi connectivity index (χ4v) is 3.18. The zero-order valence-electron chi connectivity index (χ0n) is 10.3. The second kappa shape index (κ2) is 6.58. The number of nitrogens with zero attached hydrogens (tertiary/aromatic N) is 1. The molecular weight excluding hydrogens is 200 g/mol. The highest BCUT2D eigenvalue weighted by Crippen LogP contribution is 2.21. The predicted octanol–water partition coefficient (Wildman–Crippen LogP) is 1.08. The van der Waals surface area contributed by atoms with Crippen molar-refractivity contribution in [3.05, 3.63) is 0 Å². The van der Waals surface area contributed by atoms with Crippen molar-refractivity contribution < 1.29 is 5.11 Å². The summed E-state index contributed by atoms with van der Waals surface area (Å²) in [5.41, 5.74) is 0. The molecule has 2 heterocycles. The smallest absolute Gasteiger partial charge is 0.0434 e. The molecule has 2 fully saturated rings. The summed E-state index contributed by atoms with van der Waals surface area (Å²) in [4.78, 5) is 2.63. The van der Waals surface area contributed by atoms with Gasteiger partial charge in [0.25, 0.3) is 0 Å². The van der Waals surface area contributed by atoms with E-state index in [2.05, 4.69) is 10.2 Å². The molecule has 0 aromatic rings. The van der Waals surface area contributed by atoms with Crippen LogP contribution in [0, 0.1) is 11.8 Å². The summed E-state index contributed by atoms with van der Waals surface area (Å²) in [6.07, 6.45) is 6.39. The molecule has 0 amide bonds. The molecule has 2 aliphatic rings. The maximum absolute atomic E-state index is 9.00. The summed E-state index contributed by atoms with van der Waals surface area (Å²) in [5, 5.41) is 12.5. The summed E-state index contributed by atoms with van der Waals surface area (Å²) in [6.45, 7) is 6.55. The highest BCUT2D eigenvalue weighted by atomic mass is 16.3. The molecule has 0 aromatic carbocycles. The van der Waals surface area contributed by atoms with Crippen LogP contribution in [0.25, 0.3) is 0 Å². The average Bonchev–Trinajstić information content (AvgIpc) is 2.31. The van der Waals surface area contributed by atoms with E-state index in [4.69, 9.17) is 5.11 Å². The third-order valence-electron chi connectivity index (χ3n) is 4.06. The topological polar surface area (TPSA) is 35.5 Å². The molecule has 2 aliphatic heterocycles. The van der Waals surface area contributed by atoms with E-state index < -0.39 is 0 Å². The van der Waals surface area contributed by atoms with Gasteiger partial charge in [0.2, 0.25) is 0 Å². The van der Waals surface area contributed by atoms with Crippen molar-refractivity contribution >= 4 is 0 Å². The molecule has 2 unspecified atom stereocenters. The zero-order valence-corrected chi connectivity index (χ0v) is 10.3. The van der Waals surface area contributed by atoms with Crippen LogP contribution in [0.3, 0.4) is 0 Å². The van der Waals surface area contributed by atoms with Gasteiger partial charge in [0.15, 0.2) is 0 Å². The number of nitrogens with one attached hydrogen (secondary N) is 1. The Bertz CT molecular complexity index is 190. The van der Waals surface area contributed by atoms with Gasteiger partial charge in [-0.2, -0.15) is 0 Å². The minimum atomic E-state index is 0.365. The molecule has 2 N–H and O–H groups in total. The summed E-state index contributed by atoms with van der Waals surface area (Å²) >= 11 is 0. The Kier molecular flexibility index (Phi) is 5.07. The molecule has 3 nitrogen and oxygen atoms in total. The highest BCUT2D eigenvalue weighted by molar-refractivity contribution is 4.77. The van der Waals surface area contributed by atoms with Crippen molar-refractivity contribution in [1.82, 2.24) is 10.2 Å². The lowest BCUT2D eigenvalue weighted by Crippen LogP contribution is -2.42. The maximum Gasteiger partial charge on any atom is 0.0434 e. The molecular formula is C13H26N2O. The molecule has 0 spiro atoms. The lowest BCUT2D eigenvalue weighted by Gasteiger charge is -2.36. The van der Waals surface area contributed by atoms with E-state index in [1.165, 1.54) is 58.4 Å². The molecule has 94 valence electrons. The van der Waals surface area contributed by atoms with E-state index in [-0.39, 0.29) is 0 Å². The van der Waals surface area contributed by atoms with Crippen LogP contribution in [-0.2, 0) is 0 Å². The zero-order chi connectivity index (χ0) is 11.2. The fourth-order valence-electron chi connectivity index (χ4n) is 3.18. The van der Waals surface area contributed by atoms with Crippen molar-refractivity contribution in [2.45, 2.75) is 32.1 Å². The molecule has 0 bridgehead atoms. The van der Waals surface area contributed by atoms with Crippen LogP contribution in [0.1, 0.15) is 32.1 Å². The first-order chi connectivity index (χ1) is 7.88. The van der Waals surface area contributed by atoms with Gasteiger partial charge in [-0.05, 0) is 63.6 Å². The van der Waals surface area contributed by atoms with Gasteiger partial charge in [-0.15, -0.1) is 0 Å². The molecule has 2 saturated heterocycles. The SMILES string of the molecule is OCCC1CCCN(CC2CCCNC2)C1. The molecule has 0 aliphatic carbocycles. The first kappa shape index (κ1) is 12.3. The number of aliphatic hydroxyl groups is 1. The summed E-state index contributed by atoms with van der Waals surface area (Å²) in [5.74, 6) is 1.61. The van der Waals surface area contributed by atoms with Crippen LogP contribution >= 0.6 is 0 Å². The fraction of sp³-hybridized carbons (Fsp3) is 1.00. The van der Waals surface area contributed by atoms with Crippen LogP contribution in [0.4, 0.5) is 0 Å². The van der Waals surface area contributed by atoms with Crippen LogP contribution in [0.2, 0.25) is 0 Å². The van der Waals surface area contributed by atoms with Crippen molar-refractivity contribution in [2.75, 3.05) is 39.3 Å². The first-order valence-corrected chi connectivity index (χ1v) is 6.92. The quantitative estimate of drug-likeness (QED) is 0.753. The Labute approximate surface area is 99.2 Å². The normalized spacial score (nSPS) is 32.8.